The van der Waals surface area contributed by atoms with Crippen LogP contribution in [0.15, 0.2) is 30.3 Å². The van der Waals surface area contributed by atoms with Crippen molar-refractivity contribution in [2.45, 2.75) is 63.7 Å². The molecule has 1 unspecified atom stereocenters. The van der Waals surface area contributed by atoms with E-state index in [2.05, 4.69) is 0 Å². The minimum Gasteiger partial charge on any atom is -0.466 e. The van der Waals surface area contributed by atoms with E-state index in [1.54, 1.807) is 43.9 Å². The molecule has 0 N–H and O–H groups in total. The number of amides is 1. The number of likely N-dealkylation sites (tertiary alicyclic amines) is 1. The van der Waals surface area contributed by atoms with Crippen molar-refractivity contribution in [3.05, 3.63) is 35.9 Å². The molecule has 0 saturated carbocycles. The van der Waals surface area contributed by atoms with Crippen LogP contribution >= 0.6 is 0 Å². The summed E-state index contributed by atoms with van der Waals surface area (Å²) in [6.07, 6.45) is 0.921. The first-order chi connectivity index (χ1) is 15.0. The minimum atomic E-state index is -2.29. The monoisotopic (exact) mass is 449 g/mol. The topological polar surface area (TPSA) is 108 Å². The molecule has 1 saturated heterocycles. The summed E-state index contributed by atoms with van der Waals surface area (Å²) in [5.41, 5.74) is -2.78. The van der Waals surface area contributed by atoms with Gasteiger partial charge in [-0.25, -0.2) is 19.2 Å². The lowest BCUT2D eigenvalue weighted by Gasteiger charge is -2.32. The number of benzene rings is 1. The van der Waals surface area contributed by atoms with Gasteiger partial charge >= 0.3 is 29.6 Å². The molecular weight excluding hydrogens is 418 g/mol. The number of hydrogen-bond donors (Lipinski definition) is 0. The van der Waals surface area contributed by atoms with Crippen molar-refractivity contribution in [2.24, 2.45) is 0 Å². The summed E-state index contributed by atoms with van der Waals surface area (Å²) in [5, 5.41) is 0. The molecule has 9 heteroatoms. The summed E-state index contributed by atoms with van der Waals surface area (Å²) >= 11 is 0. The first-order valence-electron chi connectivity index (χ1n) is 10.5. The second-order valence-corrected chi connectivity index (χ2v) is 8.57. The van der Waals surface area contributed by atoms with E-state index in [9.17, 15) is 19.2 Å². The van der Waals surface area contributed by atoms with Gasteiger partial charge in [0, 0.05) is 19.0 Å². The predicted octanol–water partition coefficient (Wildman–Crippen LogP) is 3.11. The highest BCUT2D eigenvalue weighted by molar-refractivity contribution is 6.06. The molecule has 0 radical (unpaired) electrons. The van der Waals surface area contributed by atoms with Crippen LogP contribution in [0.2, 0.25) is 0 Å². The second kappa shape index (κ2) is 10.5. The zero-order valence-electron chi connectivity index (χ0n) is 19.2. The van der Waals surface area contributed by atoms with Crippen LogP contribution in [0.25, 0.3) is 0 Å². The Bertz CT molecular complexity index is 814. The Labute approximate surface area is 187 Å². The van der Waals surface area contributed by atoms with Crippen molar-refractivity contribution < 1.29 is 38.1 Å². The van der Waals surface area contributed by atoms with E-state index in [-0.39, 0.29) is 24.4 Å². The Balaban J connectivity index is 2.26. The molecule has 1 amide bonds. The first kappa shape index (κ1) is 25.2. The van der Waals surface area contributed by atoms with Gasteiger partial charge in [-0.2, -0.15) is 0 Å². The van der Waals surface area contributed by atoms with E-state index in [0.717, 1.165) is 20.6 Å². The van der Waals surface area contributed by atoms with Crippen LogP contribution in [0.1, 0.15) is 56.8 Å². The normalized spacial score (nSPS) is 16.3. The molecule has 0 aliphatic carbocycles. The molecule has 0 bridgehead atoms. The third-order valence-corrected chi connectivity index (χ3v) is 5.14. The van der Waals surface area contributed by atoms with Gasteiger partial charge in [-0.3, -0.25) is 0 Å². The highest BCUT2D eigenvalue weighted by Gasteiger charge is 2.53. The number of esters is 3. The maximum Gasteiger partial charge on any atom is 0.410 e. The van der Waals surface area contributed by atoms with Gasteiger partial charge in [-0.15, -0.1) is 0 Å². The summed E-state index contributed by atoms with van der Waals surface area (Å²) < 4.78 is 20.5. The summed E-state index contributed by atoms with van der Waals surface area (Å²) in [4.78, 5) is 52.3. The molecule has 1 aliphatic heterocycles. The molecule has 1 aromatic carbocycles. The number of methoxy groups -OCH3 is 2. The highest BCUT2D eigenvalue weighted by atomic mass is 16.6. The zero-order chi connectivity index (χ0) is 23.9. The standard InChI is InChI=1S/C23H31NO8/c1-22(2,3)32-21(28)24-15-9-12-17(24)13-14-23(19(26)29-4,20(27)30-5)31-18(25)16-10-7-6-8-11-16/h6-8,10-11,17H,9,12-15H2,1-5H3. The van der Waals surface area contributed by atoms with Crippen LogP contribution in [0.5, 0.6) is 0 Å². The van der Waals surface area contributed by atoms with Crippen LogP contribution in [0, 0.1) is 0 Å². The van der Waals surface area contributed by atoms with Gasteiger partial charge in [0.25, 0.3) is 0 Å². The lowest BCUT2D eigenvalue weighted by molar-refractivity contribution is -0.182. The van der Waals surface area contributed by atoms with Gasteiger partial charge in [0.1, 0.15) is 5.60 Å². The average Bonchev–Trinajstić information content (AvgIpc) is 3.23. The molecule has 0 aromatic heterocycles. The van der Waals surface area contributed by atoms with E-state index in [4.69, 9.17) is 18.9 Å². The Morgan fingerprint density at radius 3 is 2.09 bits per heavy atom. The van der Waals surface area contributed by atoms with Crippen LogP contribution in [-0.4, -0.2) is 66.9 Å². The number of carbonyl (C=O) groups is 4. The summed E-state index contributed by atoms with van der Waals surface area (Å²) in [6, 6.07) is 7.69. The summed E-state index contributed by atoms with van der Waals surface area (Å²) in [5.74, 6) is -2.96. The SMILES string of the molecule is COC(=O)C(CCC1CCCN1C(=O)OC(C)(C)C)(OC(=O)c1ccccc1)C(=O)OC. The fourth-order valence-corrected chi connectivity index (χ4v) is 3.61. The fraction of sp³-hybridized carbons (Fsp3) is 0.565. The van der Waals surface area contributed by atoms with Gasteiger partial charge in [0.05, 0.1) is 19.8 Å². The quantitative estimate of drug-likeness (QED) is 0.355. The smallest absolute Gasteiger partial charge is 0.410 e. The van der Waals surface area contributed by atoms with Crippen LogP contribution in [-0.2, 0) is 28.5 Å². The zero-order valence-corrected chi connectivity index (χ0v) is 19.2. The molecule has 1 atom stereocenters. The first-order valence-corrected chi connectivity index (χ1v) is 10.5. The van der Waals surface area contributed by atoms with E-state index in [0.29, 0.717) is 13.0 Å². The average molecular weight is 450 g/mol. The molecule has 9 nitrogen and oxygen atoms in total. The maximum absolute atomic E-state index is 12.7. The van der Waals surface area contributed by atoms with Gasteiger partial charge < -0.3 is 23.8 Å². The van der Waals surface area contributed by atoms with Gasteiger partial charge in [-0.1, -0.05) is 18.2 Å². The Kier molecular flexibility index (Phi) is 8.24. The van der Waals surface area contributed by atoms with Crippen molar-refractivity contribution in [3.63, 3.8) is 0 Å². The lowest BCUT2D eigenvalue weighted by atomic mass is 9.93. The highest BCUT2D eigenvalue weighted by Crippen LogP contribution is 2.30. The van der Waals surface area contributed by atoms with Crippen molar-refractivity contribution in [3.8, 4) is 0 Å². The third-order valence-electron chi connectivity index (χ3n) is 5.14. The molecule has 2 rings (SSSR count). The van der Waals surface area contributed by atoms with E-state index in [1.807, 2.05) is 0 Å². The second-order valence-electron chi connectivity index (χ2n) is 8.57. The number of hydrogen-bond acceptors (Lipinski definition) is 8. The Morgan fingerprint density at radius 1 is 0.969 bits per heavy atom. The summed E-state index contributed by atoms with van der Waals surface area (Å²) in [7, 11) is 2.19. The van der Waals surface area contributed by atoms with Gasteiger partial charge in [0.15, 0.2) is 0 Å². The van der Waals surface area contributed by atoms with Crippen LogP contribution in [0.3, 0.4) is 0 Å². The van der Waals surface area contributed by atoms with E-state index in [1.165, 1.54) is 12.1 Å². The maximum atomic E-state index is 12.7. The van der Waals surface area contributed by atoms with E-state index < -0.39 is 35.2 Å². The van der Waals surface area contributed by atoms with Crippen molar-refractivity contribution in [1.82, 2.24) is 4.90 Å². The third kappa shape index (κ3) is 5.99. The molecule has 176 valence electrons. The molecule has 1 aliphatic rings. The Morgan fingerprint density at radius 2 is 1.56 bits per heavy atom. The van der Waals surface area contributed by atoms with Crippen molar-refractivity contribution >= 4 is 24.0 Å². The molecule has 1 fully saturated rings. The number of nitrogens with zero attached hydrogens (tertiary/aromatic N) is 1. The predicted molar refractivity (Wildman–Crippen MR) is 114 cm³/mol. The lowest BCUT2D eigenvalue weighted by Crippen LogP contribution is -2.53. The molecule has 32 heavy (non-hydrogen) atoms. The van der Waals surface area contributed by atoms with Crippen LogP contribution in [0.4, 0.5) is 4.79 Å². The Hall–Kier alpha value is -3.10. The van der Waals surface area contributed by atoms with Gasteiger partial charge in [-0.05, 0) is 52.2 Å². The number of rotatable bonds is 7. The van der Waals surface area contributed by atoms with E-state index >= 15 is 0 Å². The molecule has 0 spiro atoms. The van der Waals surface area contributed by atoms with Crippen molar-refractivity contribution in [1.29, 1.82) is 0 Å². The number of carbonyl (C=O) groups excluding carboxylic acids is 4. The molecule has 1 heterocycles. The summed E-state index contributed by atoms with van der Waals surface area (Å²) in [6.45, 7) is 5.82. The van der Waals surface area contributed by atoms with Crippen molar-refractivity contribution in [2.75, 3.05) is 20.8 Å². The molecular formula is C23H31NO8. The van der Waals surface area contributed by atoms with Crippen LogP contribution < -0.4 is 0 Å². The minimum absolute atomic E-state index is 0.168. The fourth-order valence-electron chi connectivity index (χ4n) is 3.61. The molecule has 1 aromatic rings. The largest absolute Gasteiger partial charge is 0.466 e. The van der Waals surface area contributed by atoms with Gasteiger partial charge in [0.2, 0.25) is 0 Å². The number of ether oxygens (including phenoxy) is 4.